The Bertz CT molecular complexity index is 1500. The smallest absolute Gasteiger partial charge is 0.338 e. The van der Waals surface area contributed by atoms with Gasteiger partial charge in [0, 0.05) is 5.02 Å². The largest absolute Gasteiger partial charge is 0.497 e. The number of nitrogens with two attached hydrogens (primary N) is 1. The lowest BCUT2D eigenvalue weighted by Gasteiger charge is -2.25. The number of hydrogen-bond donors (Lipinski definition) is 1. The van der Waals surface area contributed by atoms with Crippen LogP contribution in [0, 0.1) is 11.3 Å². The van der Waals surface area contributed by atoms with Gasteiger partial charge in [-0.2, -0.15) is 5.26 Å². The van der Waals surface area contributed by atoms with Crippen molar-refractivity contribution in [3.05, 3.63) is 116 Å². The van der Waals surface area contributed by atoms with Gasteiger partial charge in [-0.1, -0.05) is 53.7 Å². The number of methoxy groups -OCH3 is 1. The normalized spacial score (nSPS) is 15.0. The highest BCUT2D eigenvalue weighted by Gasteiger charge is 2.37. The van der Waals surface area contributed by atoms with Crippen molar-refractivity contribution in [3.63, 3.8) is 0 Å². The number of para-hydroxylation sites is 1. The van der Waals surface area contributed by atoms with Crippen LogP contribution >= 0.6 is 23.4 Å². The number of nitrogens with zero attached hydrogens (tertiary/aromatic N) is 3. The maximum Gasteiger partial charge on any atom is 0.338 e. The van der Waals surface area contributed by atoms with Crippen molar-refractivity contribution in [1.82, 2.24) is 9.13 Å². The predicted octanol–water partition coefficient (Wildman–Crippen LogP) is 5.22. The number of benzene rings is 3. The molecule has 0 amide bonds. The first-order valence-corrected chi connectivity index (χ1v) is 11.6. The zero-order chi connectivity index (χ0) is 23.8. The quantitative estimate of drug-likeness (QED) is 0.427. The number of nitriles is 1. The minimum atomic E-state index is -0.534. The first kappa shape index (κ1) is 22.0. The van der Waals surface area contributed by atoms with Gasteiger partial charge >= 0.3 is 5.69 Å². The predicted molar refractivity (Wildman–Crippen MR) is 134 cm³/mol. The van der Waals surface area contributed by atoms with E-state index in [0.29, 0.717) is 43.5 Å². The molecule has 1 aromatic heterocycles. The Kier molecular flexibility index (Phi) is 5.70. The highest BCUT2D eigenvalue weighted by atomic mass is 35.5. The van der Waals surface area contributed by atoms with Crippen molar-refractivity contribution < 1.29 is 4.74 Å². The third-order valence-corrected chi connectivity index (χ3v) is 7.03. The zero-order valence-corrected chi connectivity index (χ0v) is 19.7. The molecule has 1 aliphatic heterocycles. The Morgan fingerprint density at radius 3 is 2.24 bits per heavy atom. The Balaban J connectivity index is 1.86. The number of thioether (sulfide) groups is 1. The summed E-state index contributed by atoms with van der Waals surface area (Å²) in [6.07, 6.45) is 0. The monoisotopic (exact) mass is 486 g/mol. The fourth-order valence-electron chi connectivity index (χ4n) is 4.17. The number of ether oxygens (including phenoxy) is 1. The molecule has 1 aliphatic rings. The molecule has 0 saturated heterocycles. The molecular weight excluding hydrogens is 468 g/mol. The van der Waals surface area contributed by atoms with Gasteiger partial charge in [0.05, 0.1) is 46.8 Å². The summed E-state index contributed by atoms with van der Waals surface area (Å²) >= 11 is 7.33. The van der Waals surface area contributed by atoms with Crippen molar-refractivity contribution in [2.45, 2.75) is 10.9 Å². The molecule has 0 saturated carbocycles. The summed E-state index contributed by atoms with van der Waals surface area (Å²) in [5.41, 5.74) is 9.44. The molecule has 5 rings (SSSR count). The van der Waals surface area contributed by atoms with Crippen molar-refractivity contribution in [2.24, 2.45) is 5.73 Å². The van der Waals surface area contributed by atoms with Gasteiger partial charge < -0.3 is 10.5 Å². The second kappa shape index (κ2) is 8.82. The van der Waals surface area contributed by atoms with E-state index in [1.165, 1.54) is 11.8 Å². The SMILES string of the molecule is COc1ccc(C2C(C#N)=C(N)Sc3c2n(-c2ccccc2)c(=O)n3-c2ccc(Cl)cc2)cc1. The van der Waals surface area contributed by atoms with E-state index in [-0.39, 0.29) is 5.69 Å². The Hall–Kier alpha value is -3.86. The van der Waals surface area contributed by atoms with Gasteiger partial charge in [-0.15, -0.1) is 0 Å². The van der Waals surface area contributed by atoms with Crippen LogP contribution in [0.25, 0.3) is 11.4 Å². The van der Waals surface area contributed by atoms with Gasteiger partial charge in [0.1, 0.15) is 10.8 Å². The number of allylic oxidation sites excluding steroid dienone is 1. The van der Waals surface area contributed by atoms with Crippen molar-refractivity contribution >= 4 is 23.4 Å². The highest BCUT2D eigenvalue weighted by molar-refractivity contribution is 8.03. The maximum atomic E-state index is 13.9. The molecule has 3 aromatic carbocycles. The highest BCUT2D eigenvalue weighted by Crippen LogP contribution is 2.47. The summed E-state index contributed by atoms with van der Waals surface area (Å²) in [5, 5.41) is 11.7. The molecule has 8 heteroatoms. The van der Waals surface area contributed by atoms with E-state index in [2.05, 4.69) is 6.07 Å². The lowest BCUT2D eigenvalue weighted by atomic mass is 9.88. The molecule has 0 fully saturated rings. The van der Waals surface area contributed by atoms with Gasteiger partial charge in [0.15, 0.2) is 0 Å². The molecule has 0 aliphatic carbocycles. The number of rotatable bonds is 4. The Labute approximate surface area is 205 Å². The second-order valence-electron chi connectivity index (χ2n) is 7.65. The minimum absolute atomic E-state index is 0.253. The summed E-state index contributed by atoms with van der Waals surface area (Å²) in [6.45, 7) is 0. The van der Waals surface area contributed by atoms with Crippen LogP contribution in [-0.2, 0) is 0 Å². The van der Waals surface area contributed by atoms with E-state index in [9.17, 15) is 10.1 Å². The first-order chi connectivity index (χ1) is 16.5. The van der Waals surface area contributed by atoms with E-state index in [4.69, 9.17) is 22.1 Å². The van der Waals surface area contributed by atoms with E-state index in [1.807, 2.05) is 54.6 Å². The Morgan fingerprint density at radius 1 is 0.971 bits per heavy atom. The molecule has 1 atom stereocenters. The molecule has 6 nitrogen and oxygen atoms in total. The maximum absolute atomic E-state index is 13.9. The molecule has 1 unspecified atom stereocenters. The number of hydrogen-bond acceptors (Lipinski definition) is 5. The second-order valence-corrected chi connectivity index (χ2v) is 9.12. The average Bonchev–Trinajstić information content (AvgIpc) is 3.15. The number of fused-ring (bicyclic) bond motifs is 1. The number of aromatic nitrogens is 2. The minimum Gasteiger partial charge on any atom is -0.497 e. The Morgan fingerprint density at radius 2 is 1.62 bits per heavy atom. The lowest BCUT2D eigenvalue weighted by Crippen LogP contribution is -2.24. The van der Waals surface area contributed by atoms with Gasteiger partial charge in [-0.3, -0.25) is 9.13 Å². The third kappa shape index (κ3) is 3.58. The summed E-state index contributed by atoms with van der Waals surface area (Å²) in [7, 11) is 1.60. The molecule has 2 heterocycles. The van der Waals surface area contributed by atoms with Crippen LogP contribution < -0.4 is 16.2 Å². The molecule has 2 N–H and O–H groups in total. The van der Waals surface area contributed by atoms with E-state index in [0.717, 1.165) is 5.56 Å². The molecule has 0 bridgehead atoms. The summed E-state index contributed by atoms with van der Waals surface area (Å²) < 4.78 is 8.60. The van der Waals surface area contributed by atoms with Crippen LogP contribution in [-0.4, -0.2) is 16.2 Å². The molecule has 4 aromatic rings. The van der Waals surface area contributed by atoms with Crippen LogP contribution in [0.2, 0.25) is 5.02 Å². The molecule has 34 heavy (non-hydrogen) atoms. The van der Waals surface area contributed by atoms with E-state index >= 15 is 0 Å². The van der Waals surface area contributed by atoms with Crippen LogP contribution in [0.15, 0.2) is 99.3 Å². The number of halogens is 1. The van der Waals surface area contributed by atoms with Gasteiger partial charge in [0.2, 0.25) is 0 Å². The van der Waals surface area contributed by atoms with E-state index in [1.54, 1.807) is 40.5 Å². The van der Waals surface area contributed by atoms with Crippen molar-refractivity contribution in [1.29, 1.82) is 5.26 Å². The molecule has 168 valence electrons. The van der Waals surface area contributed by atoms with Crippen LogP contribution in [0.3, 0.4) is 0 Å². The zero-order valence-electron chi connectivity index (χ0n) is 18.1. The summed E-state index contributed by atoms with van der Waals surface area (Å²) in [5.74, 6) is 0.164. The average molecular weight is 487 g/mol. The number of imidazole rings is 1. The summed E-state index contributed by atoms with van der Waals surface area (Å²) in [4.78, 5) is 13.9. The third-order valence-electron chi connectivity index (χ3n) is 5.75. The van der Waals surface area contributed by atoms with Crippen LogP contribution in [0.4, 0.5) is 0 Å². The van der Waals surface area contributed by atoms with Gasteiger partial charge in [-0.05, 0) is 54.1 Å². The molecule has 0 radical (unpaired) electrons. The topological polar surface area (TPSA) is 86.0 Å². The molecular formula is C26H19ClN4O2S. The lowest BCUT2D eigenvalue weighted by molar-refractivity contribution is 0.414. The fraction of sp³-hybridized carbons (Fsp3) is 0.0769. The van der Waals surface area contributed by atoms with Crippen molar-refractivity contribution in [2.75, 3.05) is 7.11 Å². The summed E-state index contributed by atoms with van der Waals surface area (Å²) in [6, 6.07) is 26.2. The van der Waals surface area contributed by atoms with Gasteiger partial charge in [-0.25, -0.2) is 4.79 Å². The van der Waals surface area contributed by atoms with Crippen LogP contribution in [0.1, 0.15) is 17.2 Å². The van der Waals surface area contributed by atoms with Crippen molar-refractivity contribution in [3.8, 4) is 23.2 Å². The molecule has 0 spiro atoms. The van der Waals surface area contributed by atoms with E-state index < -0.39 is 5.92 Å². The first-order valence-electron chi connectivity index (χ1n) is 10.4. The fourth-order valence-corrected chi connectivity index (χ4v) is 5.37. The van der Waals surface area contributed by atoms with Crippen LogP contribution in [0.5, 0.6) is 5.75 Å². The standard InChI is InChI=1S/C26H19ClN4O2S/c1-33-20-13-7-16(8-14-20)22-21(15-28)24(29)34-25-23(22)30(18-5-3-2-4-6-18)26(32)31(25)19-11-9-17(27)10-12-19/h2-14,22H,29H2,1H3. The van der Waals surface area contributed by atoms with Gasteiger partial charge in [0.25, 0.3) is 0 Å².